The molecule has 1 N–H and O–H groups in total. The van der Waals surface area contributed by atoms with E-state index in [-0.39, 0.29) is 11.9 Å². The highest BCUT2D eigenvalue weighted by Gasteiger charge is 2.31. The molecule has 0 radical (unpaired) electrons. The van der Waals surface area contributed by atoms with Crippen molar-refractivity contribution < 1.29 is 13.7 Å². The molecule has 32 heavy (non-hydrogen) atoms. The van der Waals surface area contributed by atoms with Crippen LogP contribution < -0.4 is 10.2 Å². The van der Waals surface area contributed by atoms with Gasteiger partial charge in [0.1, 0.15) is 17.2 Å². The Hall–Kier alpha value is -2.58. The smallest absolute Gasteiger partial charge is 0.261 e. The highest BCUT2D eigenvalue weighted by molar-refractivity contribution is 5.93. The quantitative estimate of drug-likeness (QED) is 0.547. The molecule has 1 aliphatic rings. The summed E-state index contributed by atoms with van der Waals surface area (Å²) in [7, 11) is 1.73. The number of anilines is 1. The summed E-state index contributed by atoms with van der Waals surface area (Å²) in [6.45, 7) is 10.4. The predicted octanol–water partition coefficient (Wildman–Crippen LogP) is 4.33. The van der Waals surface area contributed by atoms with Crippen molar-refractivity contribution in [1.29, 1.82) is 0 Å². The van der Waals surface area contributed by atoms with Crippen molar-refractivity contribution in [2.75, 3.05) is 31.7 Å². The Bertz CT molecular complexity index is 1100. The minimum Gasteiger partial charge on any atom is -0.385 e. The van der Waals surface area contributed by atoms with Crippen molar-refractivity contribution in [2.45, 2.75) is 59.0 Å². The summed E-state index contributed by atoms with van der Waals surface area (Å²) in [6, 6.07) is 4.17. The average molecular weight is 442 g/mol. The highest BCUT2D eigenvalue weighted by atomic mass is 19.1. The lowest BCUT2D eigenvalue weighted by Gasteiger charge is -2.39. The summed E-state index contributed by atoms with van der Waals surface area (Å²) >= 11 is 0. The summed E-state index contributed by atoms with van der Waals surface area (Å²) < 4.78 is 25.6. The van der Waals surface area contributed by atoms with Gasteiger partial charge in [0.25, 0.3) is 5.89 Å². The zero-order valence-electron chi connectivity index (χ0n) is 19.5. The largest absolute Gasteiger partial charge is 0.385 e. The molecule has 1 fully saturated rings. The first kappa shape index (κ1) is 22.6. The Morgan fingerprint density at radius 2 is 2.06 bits per heavy atom. The zero-order chi connectivity index (χ0) is 22.8. The summed E-state index contributed by atoms with van der Waals surface area (Å²) in [6.07, 6.45) is 2.95. The fourth-order valence-electron chi connectivity index (χ4n) is 4.66. The van der Waals surface area contributed by atoms with E-state index in [2.05, 4.69) is 27.3 Å². The van der Waals surface area contributed by atoms with Crippen LogP contribution in [0.2, 0.25) is 0 Å². The first-order valence-corrected chi connectivity index (χ1v) is 11.3. The van der Waals surface area contributed by atoms with E-state index in [9.17, 15) is 4.39 Å². The second kappa shape index (κ2) is 9.50. The lowest BCUT2D eigenvalue weighted by molar-refractivity contribution is 0.192. The van der Waals surface area contributed by atoms with Crippen molar-refractivity contribution in [3.8, 4) is 11.5 Å². The maximum absolute atomic E-state index is 14.9. The van der Waals surface area contributed by atoms with Gasteiger partial charge in [0.05, 0.1) is 5.56 Å². The third-order valence-corrected chi connectivity index (χ3v) is 6.28. The number of hydrogen-bond donors (Lipinski definition) is 1. The summed E-state index contributed by atoms with van der Waals surface area (Å²) in [5, 5.41) is 8.40. The van der Waals surface area contributed by atoms with Crippen molar-refractivity contribution in [2.24, 2.45) is 0 Å². The molecule has 0 amide bonds. The van der Waals surface area contributed by atoms with Crippen molar-refractivity contribution in [1.82, 2.24) is 20.4 Å². The van der Waals surface area contributed by atoms with Crippen LogP contribution in [0.25, 0.3) is 22.4 Å². The van der Waals surface area contributed by atoms with Crippen LogP contribution in [0.1, 0.15) is 43.1 Å². The SMILES string of the molecule is COCCCN[C@@H]1CCN(c2nc3c(F)cc(C)cc3c(C)c2-c2nc(C)no2)[C@H](C)C1. The van der Waals surface area contributed by atoms with E-state index in [1.54, 1.807) is 14.0 Å². The fourth-order valence-corrected chi connectivity index (χ4v) is 4.66. The van der Waals surface area contributed by atoms with Gasteiger partial charge in [-0.15, -0.1) is 0 Å². The number of nitrogens with zero attached hydrogens (tertiary/aromatic N) is 4. The molecule has 2 atom stereocenters. The number of hydrogen-bond acceptors (Lipinski definition) is 7. The molecule has 8 heteroatoms. The Labute approximate surface area is 188 Å². The van der Waals surface area contributed by atoms with Gasteiger partial charge >= 0.3 is 0 Å². The third kappa shape index (κ3) is 4.47. The molecule has 1 aliphatic heterocycles. The first-order chi connectivity index (χ1) is 15.4. The van der Waals surface area contributed by atoms with Crippen LogP contribution in [0, 0.1) is 26.6 Å². The summed E-state index contributed by atoms with van der Waals surface area (Å²) in [5.74, 6) is 1.40. The van der Waals surface area contributed by atoms with Crippen molar-refractivity contribution in [3.63, 3.8) is 0 Å². The van der Waals surface area contributed by atoms with E-state index in [4.69, 9.17) is 14.2 Å². The summed E-state index contributed by atoms with van der Waals surface area (Å²) in [5.41, 5.74) is 2.94. The van der Waals surface area contributed by atoms with Crippen LogP contribution in [0.3, 0.4) is 0 Å². The van der Waals surface area contributed by atoms with Crippen LogP contribution >= 0.6 is 0 Å². The minimum atomic E-state index is -0.306. The van der Waals surface area contributed by atoms with Gasteiger partial charge in [-0.25, -0.2) is 9.37 Å². The number of fused-ring (bicyclic) bond motifs is 1. The van der Waals surface area contributed by atoms with Gasteiger partial charge in [-0.1, -0.05) is 5.16 Å². The number of halogens is 1. The van der Waals surface area contributed by atoms with Gasteiger partial charge in [0, 0.05) is 37.7 Å². The average Bonchev–Trinajstić information content (AvgIpc) is 3.17. The number of rotatable bonds is 7. The van der Waals surface area contributed by atoms with Gasteiger partial charge < -0.3 is 19.5 Å². The molecule has 1 saturated heterocycles. The predicted molar refractivity (Wildman–Crippen MR) is 124 cm³/mol. The number of methoxy groups -OCH3 is 1. The number of aromatic nitrogens is 3. The molecule has 4 rings (SSSR count). The fraction of sp³-hybridized carbons (Fsp3) is 0.542. The molecule has 3 heterocycles. The molecule has 0 bridgehead atoms. The van der Waals surface area contributed by atoms with Gasteiger partial charge in [0.2, 0.25) is 0 Å². The van der Waals surface area contributed by atoms with Crippen LogP contribution in [0.5, 0.6) is 0 Å². The molecule has 0 unspecified atom stereocenters. The number of benzene rings is 1. The number of ether oxygens (including phenoxy) is 1. The lowest BCUT2D eigenvalue weighted by Crippen LogP contribution is -2.48. The first-order valence-electron chi connectivity index (χ1n) is 11.3. The second-order valence-electron chi connectivity index (χ2n) is 8.79. The van der Waals surface area contributed by atoms with Gasteiger partial charge in [-0.2, -0.15) is 4.98 Å². The van der Waals surface area contributed by atoms with Gasteiger partial charge in [-0.05, 0) is 76.8 Å². The maximum atomic E-state index is 14.9. The van der Waals surface area contributed by atoms with Gasteiger partial charge in [0.15, 0.2) is 5.82 Å². The highest BCUT2D eigenvalue weighted by Crippen LogP contribution is 2.39. The molecular weight excluding hydrogens is 409 g/mol. The van der Waals surface area contributed by atoms with Crippen LogP contribution in [0.4, 0.5) is 10.2 Å². The molecule has 1 aromatic carbocycles. The van der Waals surface area contributed by atoms with Crippen LogP contribution in [-0.4, -0.2) is 54.0 Å². The van der Waals surface area contributed by atoms with E-state index in [0.29, 0.717) is 29.1 Å². The molecule has 0 spiro atoms. The molecule has 7 nitrogen and oxygen atoms in total. The zero-order valence-corrected chi connectivity index (χ0v) is 19.5. The van der Waals surface area contributed by atoms with Gasteiger partial charge in [-0.3, -0.25) is 0 Å². The second-order valence-corrected chi connectivity index (χ2v) is 8.79. The van der Waals surface area contributed by atoms with E-state index in [0.717, 1.165) is 61.0 Å². The molecule has 0 aliphatic carbocycles. The molecule has 0 saturated carbocycles. The van der Waals surface area contributed by atoms with E-state index < -0.39 is 0 Å². The Kier molecular flexibility index (Phi) is 6.71. The normalized spacial score (nSPS) is 19.1. The number of aryl methyl sites for hydroxylation is 3. The topological polar surface area (TPSA) is 76.3 Å². The molecule has 172 valence electrons. The van der Waals surface area contributed by atoms with Crippen molar-refractivity contribution in [3.05, 3.63) is 34.9 Å². The van der Waals surface area contributed by atoms with Crippen LogP contribution in [-0.2, 0) is 4.74 Å². The Morgan fingerprint density at radius 3 is 2.75 bits per heavy atom. The number of pyridine rings is 1. The summed E-state index contributed by atoms with van der Waals surface area (Å²) in [4.78, 5) is 11.6. The molecular formula is C24H32FN5O2. The monoisotopic (exact) mass is 441 g/mol. The lowest BCUT2D eigenvalue weighted by atomic mass is 9.95. The van der Waals surface area contributed by atoms with E-state index in [1.165, 1.54) is 6.07 Å². The number of piperidine rings is 1. The van der Waals surface area contributed by atoms with E-state index >= 15 is 0 Å². The maximum Gasteiger partial charge on any atom is 0.261 e. The Balaban J connectivity index is 1.72. The molecule has 2 aromatic heterocycles. The number of nitrogens with one attached hydrogen (secondary N) is 1. The standard InChI is InChI=1S/C24H32FN5O2/c1-14-11-19-16(3)21(24-27-17(4)29-32-24)23(28-22(19)20(25)12-14)30-9-7-18(13-15(30)2)26-8-6-10-31-5/h11-12,15,18,26H,6-10,13H2,1-5H3/t15-,18-/m1/s1. The third-order valence-electron chi connectivity index (χ3n) is 6.28. The van der Waals surface area contributed by atoms with Crippen LogP contribution in [0.15, 0.2) is 16.7 Å². The van der Waals surface area contributed by atoms with E-state index in [1.807, 2.05) is 19.9 Å². The Morgan fingerprint density at radius 1 is 1.25 bits per heavy atom. The molecule has 3 aromatic rings. The minimum absolute atomic E-state index is 0.226. The van der Waals surface area contributed by atoms with Crippen molar-refractivity contribution >= 4 is 16.7 Å².